The van der Waals surface area contributed by atoms with Crippen molar-refractivity contribution in [2.75, 3.05) is 33.8 Å². The van der Waals surface area contributed by atoms with Crippen LogP contribution in [0.25, 0.3) is 0 Å². The lowest BCUT2D eigenvalue weighted by molar-refractivity contribution is 0.0352. The third kappa shape index (κ3) is 3.39. The van der Waals surface area contributed by atoms with Gasteiger partial charge in [-0.3, -0.25) is 9.80 Å². The third-order valence-electron chi connectivity index (χ3n) is 4.86. The molecule has 0 aliphatic carbocycles. The highest BCUT2D eigenvalue weighted by Gasteiger charge is 2.31. The first-order valence-electron chi connectivity index (χ1n) is 7.78. The predicted octanol–water partition coefficient (Wildman–Crippen LogP) is 2.03. The van der Waals surface area contributed by atoms with Crippen LogP contribution in [-0.4, -0.2) is 55.7 Å². The summed E-state index contributed by atoms with van der Waals surface area (Å²) in [4.78, 5) is 4.97. The second-order valence-electron chi connectivity index (χ2n) is 6.30. The molecule has 0 saturated carbocycles. The van der Waals surface area contributed by atoms with Crippen molar-refractivity contribution in [2.24, 2.45) is 5.73 Å². The first-order valence-corrected chi connectivity index (χ1v) is 7.78. The summed E-state index contributed by atoms with van der Waals surface area (Å²) < 4.78 is 5.36. The van der Waals surface area contributed by atoms with Gasteiger partial charge in [-0.1, -0.05) is 12.1 Å². The van der Waals surface area contributed by atoms with E-state index in [9.17, 15) is 0 Å². The summed E-state index contributed by atoms with van der Waals surface area (Å²) in [6, 6.07) is 7.81. The number of nitrogens with two attached hydrogens (primary N) is 1. The van der Waals surface area contributed by atoms with Crippen molar-refractivity contribution in [3.05, 3.63) is 29.3 Å². The number of likely N-dealkylation sites (N-methyl/N-ethyl adjacent to an activating group) is 1. The van der Waals surface area contributed by atoms with Gasteiger partial charge in [0.05, 0.1) is 7.11 Å². The Morgan fingerprint density at radius 3 is 2.38 bits per heavy atom. The van der Waals surface area contributed by atoms with Crippen LogP contribution < -0.4 is 10.5 Å². The summed E-state index contributed by atoms with van der Waals surface area (Å²) >= 11 is 0. The van der Waals surface area contributed by atoms with Gasteiger partial charge in [-0.25, -0.2) is 0 Å². The number of ether oxygens (including phenoxy) is 1. The fraction of sp³-hybridized carbons (Fsp3) is 0.647. The third-order valence-corrected chi connectivity index (χ3v) is 4.86. The van der Waals surface area contributed by atoms with Crippen LogP contribution in [0.2, 0.25) is 0 Å². The average Bonchev–Trinajstić information content (AvgIpc) is 2.45. The summed E-state index contributed by atoms with van der Waals surface area (Å²) in [6.45, 7) is 9.44. The predicted molar refractivity (Wildman–Crippen MR) is 87.8 cm³/mol. The van der Waals surface area contributed by atoms with Gasteiger partial charge in [-0.05, 0) is 45.0 Å². The van der Waals surface area contributed by atoms with Gasteiger partial charge in [0.25, 0.3) is 0 Å². The summed E-state index contributed by atoms with van der Waals surface area (Å²) in [5.41, 5.74) is 8.56. The highest BCUT2D eigenvalue weighted by molar-refractivity contribution is 5.37. The molecule has 1 aromatic carbocycles. The van der Waals surface area contributed by atoms with Crippen LogP contribution >= 0.6 is 0 Å². The molecule has 118 valence electrons. The molecule has 1 heterocycles. The number of hydrogen-bond donors (Lipinski definition) is 1. The van der Waals surface area contributed by atoms with Crippen molar-refractivity contribution in [3.63, 3.8) is 0 Å². The molecule has 3 atom stereocenters. The zero-order valence-electron chi connectivity index (χ0n) is 14.0. The molecule has 1 aliphatic rings. The number of rotatable bonds is 4. The van der Waals surface area contributed by atoms with Gasteiger partial charge >= 0.3 is 0 Å². The van der Waals surface area contributed by atoms with E-state index in [1.807, 2.05) is 0 Å². The van der Waals surface area contributed by atoms with Crippen molar-refractivity contribution in [1.82, 2.24) is 9.80 Å². The summed E-state index contributed by atoms with van der Waals surface area (Å²) in [5.74, 6) is 0.939. The molecule has 0 amide bonds. The van der Waals surface area contributed by atoms with E-state index in [-0.39, 0.29) is 6.04 Å². The maximum absolute atomic E-state index is 6.10. The molecule has 21 heavy (non-hydrogen) atoms. The zero-order valence-corrected chi connectivity index (χ0v) is 14.0. The van der Waals surface area contributed by atoms with Gasteiger partial charge in [0.2, 0.25) is 0 Å². The lowest BCUT2D eigenvalue weighted by atomic mass is 9.99. The van der Waals surface area contributed by atoms with Crippen LogP contribution in [0.3, 0.4) is 0 Å². The van der Waals surface area contributed by atoms with Crippen molar-refractivity contribution < 1.29 is 4.74 Å². The molecule has 0 aromatic heterocycles. The summed E-state index contributed by atoms with van der Waals surface area (Å²) in [5, 5.41) is 0. The minimum absolute atomic E-state index is 0.285. The van der Waals surface area contributed by atoms with Crippen LogP contribution in [0, 0.1) is 6.92 Å². The number of methoxy groups -OCH3 is 1. The van der Waals surface area contributed by atoms with E-state index in [4.69, 9.17) is 10.5 Å². The normalized spacial score (nSPS) is 25.8. The Morgan fingerprint density at radius 1 is 1.29 bits per heavy atom. The fourth-order valence-corrected chi connectivity index (χ4v) is 3.30. The minimum Gasteiger partial charge on any atom is -0.496 e. The Morgan fingerprint density at radius 2 is 1.90 bits per heavy atom. The van der Waals surface area contributed by atoms with E-state index in [1.54, 1.807) is 7.11 Å². The Bertz CT molecular complexity index is 465. The summed E-state index contributed by atoms with van der Waals surface area (Å²) in [7, 11) is 3.92. The second-order valence-corrected chi connectivity index (χ2v) is 6.30. The van der Waals surface area contributed by atoms with Gasteiger partial charge in [0.15, 0.2) is 0 Å². The molecule has 1 saturated heterocycles. The number of nitrogens with zero attached hydrogens (tertiary/aromatic N) is 2. The molecule has 1 fully saturated rings. The van der Waals surface area contributed by atoms with Crippen molar-refractivity contribution in [1.29, 1.82) is 0 Å². The van der Waals surface area contributed by atoms with Crippen LogP contribution in [0.4, 0.5) is 0 Å². The van der Waals surface area contributed by atoms with Gasteiger partial charge in [-0.2, -0.15) is 0 Å². The zero-order chi connectivity index (χ0) is 15.6. The molecule has 4 nitrogen and oxygen atoms in total. The molecule has 0 spiro atoms. The lowest BCUT2D eigenvalue weighted by Crippen LogP contribution is -2.56. The minimum atomic E-state index is 0.285. The van der Waals surface area contributed by atoms with Crippen molar-refractivity contribution >= 4 is 0 Å². The maximum atomic E-state index is 6.10. The first kappa shape index (κ1) is 16.3. The number of aryl methyl sites for hydroxylation is 1. The Kier molecular flexibility index (Phi) is 5.25. The van der Waals surface area contributed by atoms with E-state index in [2.05, 4.69) is 55.8 Å². The average molecular weight is 291 g/mol. The van der Waals surface area contributed by atoms with E-state index >= 15 is 0 Å². The van der Waals surface area contributed by atoms with Gasteiger partial charge in [0, 0.05) is 37.8 Å². The highest BCUT2D eigenvalue weighted by atomic mass is 16.5. The van der Waals surface area contributed by atoms with Crippen LogP contribution in [-0.2, 0) is 0 Å². The molecule has 0 radical (unpaired) electrons. The Hall–Kier alpha value is -1.10. The smallest absolute Gasteiger partial charge is 0.121 e. The lowest BCUT2D eigenvalue weighted by Gasteiger charge is -2.45. The molecule has 0 bridgehead atoms. The Balaban J connectivity index is 2.21. The molecular formula is C17H29N3O. The molecule has 2 N–H and O–H groups in total. The number of piperazine rings is 1. The fourth-order valence-electron chi connectivity index (χ4n) is 3.30. The molecule has 3 unspecified atom stereocenters. The Labute approximate surface area is 128 Å². The summed E-state index contributed by atoms with van der Waals surface area (Å²) in [6.07, 6.45) is 0. The molecule has 2 rings (SSSR count). The molecule has 1 aromatic rings. The second kappa shape index (κ2) is 6.77. The van der Waals surface area contributed by atoms with E-state index in [0.717, 1.165) is 18.8 Å². The van der Waals surface area contributed by atoms with Gasteiger partial charge in [0.1, 0.15) is 5.75 Å². The van der Waals surface area contributed by atoms with Gasteiger partial charge in [-0.15, -0.1) is 0 Å². The monoisotopic (exact) mass is 291 g/mol. The standard InChI is InChI=1S/C17H29N3O/c1-12-8-15(6-7-17(12)21-5)16(9-18)20-10-13(2)19(4)14(3)11-20/h6-8,13-14,16H,9-11,18H2,1-5H3. The van der Waals surface area contributed by atoms with Crippen molar-refractivity contribution in [3.8, 4) is 5.75 Å². The molecular weight excluding hydrogens is 262 g/mol. The maximum Gasteiger partial charge on any atom is 0.121 e. The first-order chi connectivity index (χ1) is 9.97. The molecule has 4 heteroatoms. The van der Waals surface area contributed by atoms with Gasteiger partial charge < -0.3 is 10.5 Å². The van der Waals surface area contributed by atoms with Crippen LogP contribution in [0.5, 0.6) is 5.75 Å². The van der Waals surface area contributed by atoms with Crippen LogP contribution in [0.1, 0.15) is 31.0 Å². The largest absolute Gasteiger partial charge is 0.496 e. The van der Waals surface area contributed by atoms with Crippen molar-refractivity contribution in [2.45, 2.75) is 38.9 Å². The number of benzene rings is 1. The SMILES string of the molecule is COc1ccc(C(CN)N2CC(C)N(C)C(C)C2)cc1C. The van der Waals surface area contributed by atoms with Crippen LogP contribution in [0.15, 0.2) is 18.2 Å². The highest BCUT2D eigenvalue weighted by Crippen LogP contribution is 2.28. The topological polar surface area (TPSA) is 41.7 Å². The number of hydrogen-bond acceptors (Lipinski definition) is 4. The van der Waals surface area contributed by atoms with E-state index in [1.165, 1.54) is 11.1 Å². The van der Waals surface area contributed by atoms with E-state index in [0.29, 0.717) is 18.6 Å². The van der Waals surface area contributed by atoms with E-state index < -0.39 is 0 Å². The quantitative estimate of drug-likeness (QED) is 0.921. The molecule has 1 aliphatic heterocycles.